The quantitative estimate of drug-likeness (QED) is 0.759. The Bertz CT molecular complexity index is 799. The maximum absolute atomic E-state index is 11.9. The molecular formula is C18H21NO3S2. The van der Waals surface area contributed by atoms with Crippen LogP contribution in [0.15, 0.2) is 53.4 Å². The lowest BCUT2D eigenvalue weighted by molar-refractivity contribution is -0.116. The van der Waals surface area contributed by atoms with E-state index in [1.807, 2.05) is 24.5 Å². The molecule has 0 saturated carbocycles. The van der Waals surface area contributed by atoms with Gasteiger partial charge in [0.1, 0.15) is 0 Å². The maximum Gasteiger partial charge on any atom is 0.224 e. The number of hydrogen-bond acceptors (Lipinski definition) is 4. The molecule has 0 bridgehead atoms. The topological polar surface area (TPSA) is 63.2 Å². The predicted octanol–water partition coefficient (Wildman–Crippen LogP) is 3.84. The highest BCUT2D eigenvalue weighted by atomic mass is 32.2. The minimum absolute atomic E-state index is 0.00617. The third kappa shape index (κ3) is 5.11. The van der Waals surface area contributed by atoms with Crippen LogP contribution in [-0.4, -0.2) is 32.6 Å². The highest BCUT2D eigenvalue weighted by Crippen LogP contribution is 2.28. The van der Waals surface area contributed by atoms with Crippen LogP contribution in [0.4, 0.5) is 5.69 Å². The Morgan fingerprint density at radius 2 is 1.75 bits per heavy atom. The normalized spacial score (nSPS) is 11.2. The Labute approximate surface area is 147 Å². The van der Waals surface area contributed by atoms with Gasteiger partial charge in [0.25, 0.3) is 0 Å². The summed E-state index contributed by atoms with van der Waals surface area (Å²) >= 11 is 1.72. The molecule has 24 heavy (non-hydrogen) atoms. The van der Waals surface area contributed by atoms with Crippen molar-refractivity contribution in [1.82, 2.24) is 0 Å². The summed E-state index contributed by atoms with van der Waals surface area (Å²) in [5, 5.41) is 2.86. The third-order valence-electron chi connectivity index (χ3n) is 3.52. The van der Waals surface area contributed by atoms with Gasteiger partial charge in [-0.15, -0.1) is 0 Å². The minimum atomic E-state index is -3.30. The van der Waals surface area contributed by atoms with Gasteiger partial charge < -0.3 is 5.32 Å². The van der Waals surface area contributed by atoms with Crippen LogP contribution in [0.1, 0.15) is 12.8 Å². The number of carbonyl (C=O) groups excluding carboxylic acids is 1. The molecule has 0 aliphatic heterocycles. The summed E-state index contributed by atoms with van der Waals surface area (Å²) in [6.07, 6.45) is 4.58. The number of carbonyl (C=O) groups is 1. The molecule has 0 saturated heterocycles. The Balaban J connectivity index is 2.15. The first-order chi connectivity index (χ1) is 11.4. The predicted molar refractivity (Wildman–Crippen MR) is 101 cm³/mol. The van der Waals surface area contributed by atoms with E-state index in [0.717, 1.165) is 17.7 Å². The van der Waals surface area contributed by atoms with Gasteiger partial charge in [-0.2, -0.15) is 11.8 Å². The number of anilines is 1. The molecule has 0 aliphatic carbocycles. The molecule has 0 aromatic heterocycles. The standard InChI is InChI=1S/C18H21NO3S2/c1-23-13-5-8-18(20)19-15-11-9-14(10-12-15)16-6-3-4-7-17(16)24(2,21)22/h3-4,6-7,9-12H,5,8,13H2,1-2H3,(H,19,20). The van der Waals surface area contributed by atoms with Crippen molar-refractivity contribution in [2.75, 3.05) is 23.6 Å². The van der Waals surface area contributed by atoms with Crippen molar-refractivity contribution in [2.45, 2.75) is 17.7 Å². The van der Waals surface area contributed by atoms with Crippen LogP contribution in [0.5, 0.6) is 0 Å². The smallest absolute Gasteiger partial charge is 0.224 e. The summed E-state index contributed by atoms with van der Waals surface area (Å²) in [6.45, 7) is 0. The van der Waals surface area contributed by atoms with Crippen molar-refractivity contribution in [2.24, 2.45) is 0 Å². The van der Waals surface area contributed by atoms with Gasteiger partial charge in [-0.05, 0) is 42.2 Å². The van der Waals surface area contributed by atoms with E-state index < -0.39 is 9.84 Å². The third-order valence-corrected chi connectivity index (χ3v) is 5.37. The van der Waals surface area contributed by atoms with Gasteiger partial charge >= 0.3 is 0 Å². The summed E-state index contributed by atoms with van der Waals surface area (Å²) in [6, 6.07) is 14.1. The largest absolute Gasteiger partial charge is 0.326 e. The Hall–Kier alpha value is -1.79. The zero-order valence-electron chi connectivity index (χ0n) is 13.8. The van der Waals surface area contributed by atoms with Crippen LogP contribution in [0.3, 0.4) is 0 Å². The summed E-state index contributed by atoms with van der Waals surface area (Å²) in [4.78, 5) is 12.1. The fourth-order valence-electron chi connectivity index (χ4n) is 2.36. The van der Waals surface area contributed by atoms with Gasteiger partial charge in [0.2, 0.25) is 5.91 Å². The number of hydrogen-bond donors (Lipinski definition) is 1. The number of thioether (sulfide) groups is 1. The van der Waals surface area contributed by atoms with E-state index in [1.165, 1.54) is 6.26 Å². The van der Waals surface area contributed by atoms with E-state index in [9.17, 15) is 13.2 Å². The number of benzene rings is 2. The van der Waals surface area contributed by atoms with E-state index >= 15 is 0 Å². The molecule has 2 aromatic carbocycles. The molecule has 6 heteroatoms. The number of nitrogens with one attached hydrogen (secondary N) is 1. The van der Waals surface area contributed by atoms with Gasteiger partial charge in [-0.3, -0.25) is 4.79 Å². The van der Waals surface area contributed by atoms with Crippen LogP contribution < -0.4 is 5.32 Å². The number of sulfone groups is 1. The number of amides is 1. The van der Waals surface area contributed by atoms with Crippen molar-refractivity contribution < 1.29 is 13.2 Å². The molecule has 128 valence electrons. The molecule has 0 radical (unpaired) electrons. The summed E-state index contributed by atoms with van der Waals surface area (Å²) in [5.41, 5.74) is 2.18. The summed E-state index contributed by atoms with van der Waals surface area (Å²) in [5.74, 6) is 0.961. The van der Waals surface area contributed by atoms with Crippen molar-refractivity contribution in [3.63, 3.8) is 0 Å². The lowest BCUT2D eigenvalue weighted by atomic mass is 10.1. The van der Waals surface area contributed by atoms with E-state index in [0.29, 0.717) is 22.6 Å². The Morgan fingerprint density at radius 1 is 1.08 bits per heavy atom. The molecule has 0 atom stereocenters. The lowest BCUT2D eigenvalue weighted by Gasteiger charge is -2.10. The molecule has 2 aromatic rings. The van der Waals surface area contributed by atoms with Crippen molar-refractivity contribution in [3.8, 4) is 11.1 Å². The zero-order chi connectivity index (χ0) is 17.6. The highest BCUT2D eigenvalue weighted by molar-refractivity contribution is 7.98. The maximum atomic E-state index is 11.9. The average molecular weight is 364 g/mol. The number of rotatable bonds is 7. The molecule has 0 aliphatic rings. The second kappa shape index (κ2) is 8.35. The van der Waals surface area contributed by atoms with Crippen LogP contribution >= 0.6 is 11.8 Å². The molecule has 0 fully saturated rings. The van der Waals surface area contributed by atoms with Gasteiger partial charge in [0.15, 0.2) is 9.84 Å². The van der Waals surface area contributed by atoms with Gasteiger partial charge in [-0.1, -0.05) is 30.3 Å². The van der Waals surface area contributed by atoms with E-state index in [1.54, 1.807) is 42.1 Å². The molecule has 1 N–H and O–H groups in total. The molecule has 2 rings (SSSR count). The first kappa shape index (κ1) is 18.5. The molecule has 1 amide bonds. The molecule has 0 spiro atoms. The average Bonchev–Trinajstić information content (AvgIpc) is 2.55. The first-order valence-electron chi connectivity index (χ1n) is 7.60. The van der Waals surface area contributed by atoms with Gasteiger partial charge in [0.05, 0.1) is 4.90 Å². The molecule has 0 unspecified atom stereocenters. The van der Waals surface area contributed by atoms with Crippen molar-refractivity contribution >= 4 is 33.2 Å². The van der Waals surface area contributed by atoms with E-state index in [-0.39, 0.29) is 5.91 Å². The van der Waals surface area contributed by atoms with Crippen LogP contribution in [0, 0.1) is 0 Å². The van der Waals surface area contributed by atoms with Crippen LogP contribution in [0.2, 0.25) is 0 Å². The van der Waals surface area contributed by atoms with Crippen molar-refractivity contribution in [1.29, 1.82) is 0 Å². The first-order valence-corrected chi connectivity index (χ1v) is 10.9. The molecular weight excluding hydrogens is 342 g/mol. The monoisotopic (exact) mass is 363 g/mol. The summed E-state index contributed by atoms with van der Waals surface area (Å²) < 4.78 is 23.8. The fraction of sp³-hybridized carbons (Fsp3) is 0.278. The molecule has 4 nitrogen and oxygen atoms in total. The summed E-state index contributed by atoms with van der Waals surface area (Å²) in [7, 11) is -3.30. The van der Waals surface area contributed by atoms with Crippen LogP contribution in [0.25, 0.3) is 11.1 Å². The van der Waals surface area contributed by atoms with Gasteiger partial charge in [0, 0.05) is 23.9 Å². The lowest BCUT2D eigenvalue weighted by Crippen LogP contribution is -2.11. The van der Waals surface area contributed by atoms with E-state index in [2.05, 4.69) is 5.32 Å². The fourth-order valence-corrected chi connectivity index (χ4v) is 3.71. The second-order valence-electron chi connectivity index (χ2n) is 5.49. The van der Waals surface area contributed by atoms with E-state index in [4.69, 9.17) is 0 Å². The highest BCUT2D eigenvalue weighted by Gasteiger charge is 2.13. The van der Waals surface area contributed by atoms with Crippen LogP contribution in [-0.2, 0) is 14.6 Å². The van der Waals surface area contributed by atoms with Crippen molar-refractivity contribution in [3.05, 3.63) is 48.5 Å². The molecule has 0 heterocycles. The Kier molecular flexibility index (Phi) is 6.45. The van der Waals surface area contributed by atoms with Gasteiger partial charge in [-0.25, -0.2) is 8.42 Å². The Morgan fingerprint density at radius 3 is 2.38 bits per heavy atom. The minimum Gasteiger partial charge on any atom is -0.326 e. The zero-order valence-corrected chi connectivity index (χ0v) is 15.4. The SMILES string of the molecule is CSCCCC(=O)Nc1ccc(-c2ccccc2S(C)(=O)=O)cc1. The second-order valence-corrected chi connectivity index (χ2v) is 8.46.